The van der Waals surface area contributed by atoms with Crippen molar-refractivity contribution >= 4 is 18.1 Å². The molecular formula is C19H27FN2O3. The number of hydrogen-bond acceptors (Lipinski definition) is 4. The molecule has 138 valence electrons. The molecule has 0 aliphatic carbocycles. The van der Waals surface area contributed by atoms with E-state index in [4.69, 9.17) is 4.74 Å². The average Bonchev–Trinajstić information content (AvgIpc) is 2.55. The third-order valence-corrected chi connectivity index (χ3v) is 4.19. The number of benzene rings is 1. The maximum atomic E-state index is 13.9. The molecule has 2 rings (SSSR count). The zero-order valence-corrected chi connectivity index (χ0v) is 15.2. The Morgan fingerprint density at radius 2 is 2.04 bits per heavy atom. The van der Waals surface area contributed by atoms with Crippen LogP contribution in [-0.2, 0) is 9.53 Å². The molecule has 0 radical (unpaired) electrons. The fourth-order valence-electron chi connectivity index (χ4n) is 2.92. The van der Waals surface area contributed by atoms with Crippen molar-refractivity contribution in [1.29, 1.82) is 0 Å². The first-order valence-electron chi connectivity index (χ1n) is 8.75. The van der Waals surface area contributed by atoms with Gasteiger partial charge in [0.05, 0.1) is 5.69 Å². The number of hydrogen-bond donors (Lipinski definition) is 1. The van der Waals surface area contributed by atoms with Crippen molar-refractivity contribution in [2.45, 2.75) is 51.6 Å². The first-order valence-corrected chi connectivity index (χ1v) is 8.75. The second-order valence-electron chi connectivity index (χ2n) is 7.36. The second-order valence-corrected chi connectivity index (χ2v) is 7.36. The maximum Gasteiger partial charge on any atom is 0.410 e. The first kappa shape index (κ1) is 19.2. The van der Waals surface area contributed by atoms with Gasteiger partial charge in [0.1, 0.15) is 17.7 Å². The summed E-state index contributed by atoms with van der Waals surface area (Å²) in [5, 5.41) is 2.96. The molecule has 25 heavy (non-hydrogen) atoms. The van der Waals surface area contributed by atoms with Crippen molar-refractivity contribution in [3.05, 3.63) is 29.6 Å². The summed E-state index contributed by atoms with van der Waals surface area (Å²) in [4.78, 5) is 24.2. The minimum absolute atomic E-state index is 0.277. The zero-order chi connectivity index (χ0) is 18.4. The molecule has 1 aliphatic heterocycles. The van der Waals surface area contributed by atoms with Gasteiger partial charge in [-0.1, -0.05) is 6.07 Å². The smallest absolute Gasteiger partial charge is 0.410 e. The highest BCUT2D eigenvalue weighted by atomic mass is 19.1. The van der Waals surface area contributed by atoms with Gasteiger partial charge in [-0.05, 0) is 57.2 Å². The zero-order valence-electron chi connectivity index (χ0n) is 15.2. The highest BCUT2D eigenvalue weighted by Crippen LogP contribution is 2.31. The Hall–Kier alpha value is -2.11. The fourth-order valence-corrected chi connectivity index (χ4v) is 2.92. The van der Waals surface area contributed by atoms with Gasteiger partial charge in [0.2, 0.25) is 0 Å². The average molecular weight is 350 g/mol. The molecule has 0 bridgehead atoms. The number of carbonyl (C=O) groups is 2. The normalized spacial score (nSPS) is 15.8. The molecule has 0 aromatic heterocycles. The fraction of sp³-hybridized carbons (Fsp3) is 0.579. The van der Waals surface area contributed by atoms with Crippen LogP contribution in [0.5, 0.6) is 0 Å². The van der Waals surface area contributed by atoms with Gasteiger partial charge >= 0.3 is 6.09 Å². The summed E-state index contributed by atoms with van der Waals surface area (Å²) in [5.41, 5.74) is 0.986. The molecule has 1 aromatic rings. The monoisotopic (exact) mass is 350 g/mol. The van der Waals surface area contributed by atoms with E-state index in [1.54, 1.807) is 11.0 Å². The second kappa shape index (κ2) is 8.32. The SMILES string of the molecule is CC(C)(C)OC(=O)N1CCC(c2ccc(F)c(NCCC=O)c2)CC1. The number of halogens is 1. The predicted molar refractivity (Wildman–Crippen MR) is 95.4 cm³/mol. The molecule has 1 saturated heterocycles. The van der Waals surface area contributed by atoms with Crippen LogP contribution in [0, 0.1) is 5.82 Å². The number of rotatable bonds is 5. The van der Waals surface area contributed by atoms with Crippen LogP contribution in [0.3, 0.4) is 0 Å². The number of piperidine rings is 1. The molecule has 1 heterocycles. The van der Waals surface area contributed by atoms with Crippen molar-refractivity contribution < 1.29 is 18.7 Å². The lowest BCUT2D eigenvalue weighted by Gasteiger charge is -2.33. The Balaban J connectivity index is 1.95. The Kier molecular flexibility index (Phi) is 6.39. The molecule has 1 N–H and O–H groups in total. The molecule has 1 aliphatic rings. The summed E-state index contributed by atoms with van der Waals surface area (Å²) in [6, 6.07) is 5.07. The lowest BCUT2D eigenvalue weighted by molar-refractivity contribution is -0.107. The van der Waals surface area contributed by atoms with Crippen molar-refractivity contribution in [3.63, 3.8) is 0 Å². The lowest BCUT2D eigenvalue weighted by Crippen LogP contribution is -2.41. The van der Waals surface area contributed by atoms with Crippen LogP contribution in [0.2, 0.25) is 0 Å². The van der Waals surface area contributed by atoms with Crippen LogP contribution in [0.1, 0.15) is 51.5 Å². The topological polar surface area (TPSA) is 58.6 Å². The molecule has 0 spiro atoms. The number of ether oxygens (including phenoxy) is 1. The van der Waals surface area contributed by atoms with Crippen molar-refractivity contribution in [1.82, 2.24) is 4.90 Å². The number of amides is 1. The third kappa shape index (κ3) is 5.73. The van der Waals surface area contributed by atoms with Crippen molar-refractivity contribution in [3.8, 4) is 0 Å². The molecule has 6 heteroatoms. The van der Waals surface area contributed by atoms with E-state index < -0.39 is 5.60 Å². The molecule has 1 aromatic carbocycles. The van der Waals surface area contributed by atoms with Gasteiger partial charge in [-0.15, -0.1) is 0 Å². The maximum absolute atomic E-state index is 13.9. The Bertz CT molecular complexity index is 605. The van der Waals surface area contributed by atoms with Crippen LogP contribution in [0.4, 0.5) is 14.9 Å². The molecule has 1 amide bonds. The summed E-state index contributed by atoms with van der Waals surface area (Å²) in [6.45, 7) is 7.25. The van der Waals surface area contributed by atoms with E-state index in [9.17, 15) is 14.0 Å². The van der Waals surface area contributed by atoms with E-state index in [1.165, 1.54) is 6.07 Å². The van der Waals surface area contributed by atoms with Gasteiger partial charge in [-0.25, -0.2) is 9.18 Å². The van der Waals surface area contributed by atoms with E-state index in [0.29, 0.717) is 31.7 Å². The summed E-state index contributed by atoms with van der Waals surface area (Å²) in [7, 11) is 0. The van der Waals surface area contributed by atoms with Crippen LogP contribution in [0.25, 0.3) is 0 Å². The molecule has 1 fully saturated rings. The lowest BCUT2D eigenvalue weighted by atomic mass is 9.89. The first-order chi connectivity index (χ1) is 11.8. The number of nitrogens with one attached hydrogen (secondary N) is 1. The van der Waals surface area contributed by atoms with Crippen LogP contribution in [0.15, 0.2) is 18.2 Å². The summed E-state index contributed by atoms with van der Waals surface area (Å²) in [6.07, 6.45) is 2.51. The van der Waals surface area contributed by atoms with Gasteiger partial charge < -0.3 is 19.7 Å². The molecule has 5 nitrogen and oxygen atoms in total. The number of likely N-dealkylation sites (tertiary alicyclic amines) is 1. The molecule has 0 unspecified atom stereocenters. The number of carbonyl (C=O) groups excluding carboxylic acids is 2. The minimum Gasteiger partial charge on any atom is -0.444 e. The van der Waals surface area contributed by atoms with E-state index >= 15 is 0 Å². The van der Waals surface area contributed by atoms with Crippen molar-refractivity contribution in [2.24, 2.45) is 0 Å². The largest absolute Gasteiger partial charge is 0.444 e. The Labute approximate surface area is 148 Å². The van der Waals surface area contributed by atoms with Crippen LogP contribution < -0.4 is 5.32 Å². The van der Waals surface area contributed by atoms with Gasteiger partial charge in [-0.3, -0.25) is 0 Å². The van der Waals surface area contributed by atoms with E-state index in [1.807, 2.05) is 26.8 Å². The summed E-state index contributed by atoms with van der Waals surface area (Å²) >= 11 is 0. The van der Waals surface area contributed by atoms with Gasteiger partial charge in [0, 0.05) is 26.1 Å². The summed E-state index contributed by atoms with van der Waals surface area (Å²) < 4.78 is 19.3. The number of aldehydes is 1. The highest BCUT2D eigenvalue weighted by molar-refractivity contribution is 5.68. The standard InChI is InChI=1S/C19H27FN2O3/c1-19(2,3)25-18(24)22-10-7-14(8-11-22)15-5-6-16(20)17(13-15)21-9-4-12-23/h5-6,12-14,21H,4,7-11H2,1-3H3. The molecule has 0 saturated carbocycles. The van der Waals surface area contributed by atoms with Gasteiger partial charge in [0.15, 0.2) is 0 Å². The van der Waals surface area contributed by atoms with E-state index in [-0.39, 0.29) is 17.8 Å². The minimum atomic E-state index is -0.493. The van der Waals surface area contributed by atoms with E-state index in [2.05, 4.69) is 5.32 Å². The van der Waals surface area contributed by atoms with Crippen LogP contribution >= 0.6 is 0 Å². The third-order valence-electron chi connectivity index (χ3n) is 4.19. The molecule has 0 atom stereocenters. The van der Waals surface area contributed by atoms with Gasteiger partial charge in [-0.2, -0.15) is 0 Å². The quantitative estimate of drug-likeness (QED) is 0.645. The number of nitrogens with zero attached hydrogens (tertiary/aromatic N) is 1. The Morgan fingerprint density at radius 3 is 2.64 bits per heavy atom. The van der Waals surface area contributed by atoms with Crippen molar-refractivity contribution in [2.75, 3.05) is 25.0 Å². The highest BCUT2D eigenvalue weighted by Gasteiger charge is 2.27. The summed E-state index contributed by atoms with van der Waals surface area (Å²) in [5.74, 6) is -0.0354. The van der Waals surface area contributed by atoms with E-state index in [0.717, 1.165) is 24.7 Å². The number of anilines is 1. The molecular weight excluding hydrogens is 323 g/mol. The van der Waals surface area contributed by atoms with Gasteiger partial charge in [0.25, 0.3) is 0 Å². The van der Waals surface area contributed by atoms with Crippen LogP contribution in [-0.4, -0.2) is 42.5 Å². The predicted octanol–water partition coefficient (Wildman–Crippen LogP) is 3.94. The Morgan fingerprint density at radius 1 is 1.36 bits per heavy atom.